The summed E-state index contributed by atoms with van der Waals surface area (Å²) in [6, 6.07) is 7.48. The van der Waals surface area contributed by atoms with Crippen LogP contribution >= 0.6 is 0 Å². The van der Waals surface area contributed by atoms with Crippen LogP contribution in [0, 0.1) is 6.92 Å². The van der Waals surface area contributed by atoms with Crippen molar-refractivity contribution in [1.29, 1.82) is 0 Å². The molecular weight excluding hydrogens is 306 g/mol. The number of nitrogens with zero attached hydrogens (tertiary/aromatic N) is 2. The lowest BCUT2D eigenvalue weighted by Crippen LogP contribution is -2.46. The predicted octanol–water partition coefficient (Wildman–Crippen LogP) is 2.16. The highest BCUT2D eigenvalue weighted by Gasteiger charge is 2.29. The topological polar surface area (TPSA) is 71.0 Å². The van der Waals surface area contributed by atoms with Crippen molar-refractivity contribution < 1.29 is 14.3 Å². The third-order valence-corrected chi connectivity index (χ3v) is 4.42. The molecule has 1 saturated heterocycles. The molecule has 0 radical (unpaired) electrons. The van der Waals surface area contributed by atoms with E-state index < -0.39 is 0 Å². The lowest BCUT2D eigenvalue weighted by Gasteiger charge is -2.25. The van der Waals surface area contributed by atoms with Crippen molar-refractivity contribution in [1.82, 2.24) is 5.32 Å². The first-order chi connectivity index (χ1) is 11.5. The Morgan fingerprint density at radius 3 is 2.96 bits per heavy atom. The standard InChI is InChI=1S/C18H23N3O3/c1-12-5-3-6-14(11-12)21-17(22)9-8-15(20-21)18(23)19-13(2)16-7-4-10-24-16/h3,5-6,11,13,16H,4,7-10H2,1-2H3,(H,19,23)/t13-,16-/m1/s1. The first-order valence-electron chi connectivity index (χ1n) is 8.44. The van der Waals surface area contributed by atoms with Gasteiger partial charge in [-0.15, -0.1) is 0 Å². The number of carbonyl (C=O) groups excluding carboxylic acids is 2. The number of aryl methyl sites for hydroxylation is 1. The second-order valence-corrected chi connectivity index (χ2v) is 6.40. The summed E-state index contributed by atoms with van der Waals surface area (Å²) < 4.78 is 5.60. The van der Waals surface area contributed by atoms with Gasteiger partial charge in [-0.1, -0.05) is 12.1 Å². The predicted molar refractivity (Wildman–Crippen MR) is 91.9 cm³/mol. The highest BCUT2D eigenvalue weighted by atomic mass is 16.5. The first-order valence-corrected chi connectivity index (χ1v) is 8.44. The zero-order valence-electron chi connectivity index (χ0n) is 14.1. The summed E-state index contributed by atoms with van der Waals surface area (Å²) >= 11 is 0. The molecule has 0 unspecified atom stereocenters. The number of hydrogen-bond donors (Lipinski definition) is 1. The van der Waals surface area contributed by atoms with E-state index in [-0.39, 0.29) is 30.4 Å². The Morgan fingerprint density at radius 1 is 1.42 bits per heavy atom. The van der Waals surface area contributed by atoms with Crippen LogP contribution in [0.4, 0.5) is 5.69 Å². The largest absolute Gasteiger partial charge is 0.376 e. The SMILES string of the molecule is Cc1cccc(N2N=C(C(=O)N[C@H](C)[C@H]3CCCO3)CCC2=O)c1. The molecule has 1 N–H and O–H groups in total. The zero-order chi connectivity index (χ0) is 17.1. The molecule has 2 aliphatic rings. The molecular formula is C18H23N3O3. The van der Waals surface area contributed by atoms with Gasteiger partial charge in [0, 0.05) is 19.4 Å². The summed E-state index contributed by atoms with van der Waals surface area (Å²) in [6.07, 6.45) is 2.70. The van der Waals surface area contributed by atoms with Gasteiger partial charge in [0.05, 0.1) is 17.8 Å². The van der Waals surface area contributed by atoms with Crippen LogP contribution in [0.25, 0.3) is 0 Å². The van der Waals surface area contributed by atoms with Crippen LogP contribution in [0.2, 0.25) is 0 Å². The van der Waals surface area contributed by atoms with E-state index in [9.17, 15) is 9.59 Å². The number of nitrogens with one attached hydrogen (secondary N) is 1. The quantitative estimate of drug-likeness (QED) is 0.920. The maximum atomic E-state index is 12.5. The number of rotatable bonds is 4. The second-order valence-electron chi connectivity index (χ2n) is 6.40. The number of ether oxygens (including phenoxy) is 1. The molecule has 2 heterocycles. The maximum absolute atomic E-state index is 12.5. The molecule has 0 aromatic heterocycles. The van der Waals surface area contributed by atoms with Crippen molar-refractivity contribution in [2.45, 2.75) is 51.7 Å². The van der Waals surface area contributed by atoms with E-state index in [0.717, 1.165) is 25.0 Å². The minimum atomic E-state index is -0.219. The van der Waals surface area contributed by atoms with Gasteiger partial charge in [0.1, 0.15) is 5.71 Å². The van der Waals surface area contributed by atoms with Crippen molar-refractivity contribution in [3.8, 4) is 0 Å². The smallest absolute Gasteiger partial charge is 0.267 e. The molecule has 128 valence electrons. The Morgan fingerprint density at radius 2 is 2.25 bits per heavy atom. The van der Waals surface area contributed by atoms with Crippen LogP contribution < -0.4 is 10.3 Å². The number of benzene rings is 1. The van der Waals surface area contributed by atoms with Gasteiger partial charge in [0.25, 0.3) is 5.91 Å². The number of hydrogen-bond acceptors (Lipinski definition) is 4. The Hall–Kier alpha value is -2.21. The van der Waals surface area contributed by atoms with E-state index in [1.54, 1.807) is 0 Å². The molecule has 0 spiro atoms. The molecule has 1 fully saturated rings. The van der Waals surface area contributed by atoms with Crippen molar-refractivity contribution in [3.05, 3.63) is 29.8 Å². The van der Waals surface area contributed by atoms with Gasteiger partial charge in [0.15, 0.2) is 0 Å². The molecule has 0 saturated carbocycles. The van der Waals surface area contributed by atoms with Crippen LogP contribution in [0.5, 0.6) is 0 Å². The molecule has 2 aliphatic heterocycles. The summed E-state index contributed by atoms with van der Waals surface area (Å²) in [5, 5.41) is 8.59. The molecule has 2 atom stereocenters. The van der Waals surface area contributed by atoms with Crippen molar-refractivity contribution >= 4 is 23.2 Å². The van der Waals surface area contributed by atoms with Gasteiger partial charge in [-0.2, -0.15) is 5.10 Å². The van der Waals surface area contributed by atoms with Gasteiger partial charge in [-0.25, -0.2) is 5.01 Å². The summed E-state index contributed by atoms with van der Waals surface area (Å²) in [6.45, 7) is 4.65. The lowest BCUT2D eigenvalue weighted by molar-refractivity contribution is -0.119. The average molecular weight is 329 g/mol. The van der Waals surface area contributed by atoms with Gasteiger partial charge < -0.3 is 10.1 Å². The van der Waals surface area contributed by atoms with Gasteiger partial charge in [0.2, 0.25) is 5.91 Å². The monoisotopic (exact) mass is 329 g/mol. The molecule has 24 heavy (non-hydrogen) atoms. The normalized spacial score (nSPS) is 22.2. The number of hydrazone groups is 1. The Labute approximate surface area is 141 Å². The number of amides is 2. The van der Waals surface area contributed by atoms with Crippen LogP contribution in [0.3, 0.4) is 0 Å². The van der Waals surface area contributed by atoms with Crippen molar-refractivity contribution in [2.75, 3.05) is 11.6 Å². The zero-order valence-corrected chi connectivity index (χ0v) is 14.1. The Bertz CT molecular complexity index is 665. The van der Waals surface area contributed by atoms with Crippen LogP contribution in [-0.2, 0) is 14.3 Å². The van der Waals surface area contributed by atoms with E-state index in [2.05, 4.69) is 10.4 Å². The van der Waals surface area contributed by atoms with E-state index in [1.165, 1.54) is 5.01 Å². The van der Waals surface area contributed by atoms with Crippen molar-refractivity contribution in [2.24, 2.45) is 5.10 Å². The molecule has 6 nitrogen and oxygen atoms in total. The molecule has 0 aliphatic carbocycles. The summed E-state index contributed by atoms with van der Waals surface area (Å²) in [7, 11) is 0. The number of anilines is 1. The second kappa shape index (κ2) is 7.13. The van der Waals surface area contributed by atoms with Crippen LogP contribution in [0.1, 0.15) is 38.2 Å². The summed E-state index contributed by atoms with van der Waals surface area (Å²) in [5.74, 6) is -0.313. The number of carbonyl (C=O) groups is 2. The van der Waals surface area contributed by atoms with E-state index in [0.29, 0.717) is 17.8 Å². The molecule has 6 heteroatoms. The average Bonchev–Trinajstić information content (AvgIpc) is 3.09. The van der Waals surface area contributed by atoms with Crippen LogP contribution in [0.15, 0.2) is 29.4 Å². The minimum Gasteiger partial charge on any atom is -0.376 e. The summed E-state index contributed by atoms with van der Waals surface area (Å²) in [5.41, 5.74) is 2.12. The van der Waals surface area contributed by atoms with E-state index >= 15 is 0 Å². The first kappa shape index (κ1) is 16.6. The fraction of sp³-hybridized carbons (Fsp3) is 0.500. The third-order valence-electron chi connectivity index (χ3n) is 4.42. The van der Waals surface area contributed by atoms with Crippen molar-refractivity contribution in [3.63, 3.8) is 0 Å². The van der Waals surface area contributed by atoms with E-state index in [1.807, 2.05) is 38.1 Å². The fourth-order valence-electron chi connectivity index (χ4n) is 3.06. The highest BCUT2D eigenvalue weighted by Crippen LogP contribution is 2.21. The van der Waals surface area contributed by atoms with Gasteiger partial charge >= 0.3 is 0 Å². The molecule has 2 amide bonds. The molecule has 3 rings (SSSR count). The Kier molecular flexibility index (Phi) is 4.94. The van der Waals surface area contributed by atoms with Crippen LogP contribution in [-0.4, -0.2) is 36.3 Å². The van der Waals surface area contributed by atoms with E-state index in [4.69, 9.17) is 4.74 Å². The third kappa shape index (κ3) is 3.64. The molecule has 1 aromatic carbocycles. The highest BCUT2D eigenvalue weighted by molar-refractivity contribution is 6.40. The van der Waals surface area contributed by atoms with Gasteiger partial charge in [-0.3, -0.25) is 9.59 Å². The molecule has 0 bridgehead atoms. The Balaban J connectivity index is 1.73. The molecule has 1 aromatic rings. The fourth-order valence-corrected chi connectivity index (χ4v) is 3.06. The minimum absolute atomic E-state index is 0.0623. The van der Waals surface area contributed by atoms with Gasteiger partial charge in [-0.05, 0) is 44.4 Å². The lowest BCUT2D eigenvalue weighted by atomic mass is 10.1. The summed E-state index contributed by atoms with van der Waals surface area (Å²) in [4.78, 5) is 24.7. The maximum Gasteiger partial charge on any atom is 0.267 e.